The predicted octanol–water partition coefficient (Wildman–Crippen LogP) is -1.28. The molecule has 0 saturated carbocycles. The second-order valence-electron chi connectivity index (χ2n) is 6.38. The van der Waals surface area contributed by atoms with Crippen molar-refractivity contribution in [2.75, 3.05) is 12.4 Å². The molecule has 2 amide bonds. The highest BCUT2D eigenvalue weighted by atomic mass is 32.2. The lowest BCUT2D eigenvalue weighted by atomic mass is 9.83. The molecule has 0 aromatic rings. The average Bonchev–Trinajstić information content (AvgIpc) is 2.75. The van der Waals surface area contributed by atoms with Crippen LogP contribution in [0.2, 0.25) is 0 Å². The molecule has 1 saturated heterocycles. The molecule has 1 fully saturated rings. The maximum atomic E-state index is 12.7. The molecule has 0 radical (unpaired) electrons. The van der Waals surface area contributed by atoms with E-state index in [1.165, 1.54) is 6.92 Å². The zero-order valence-corrected chi connectivity index (χ0v) is 15.1. The third kappa shape index (κ3) is 4.93. The number of amides is 2. The van der Waals surface area contributed by atoms with Gasteiger partial charge in [-0.25, -0.2) is 4.79 Å². The summed E-state index contributed by atoms with van der Waals surface area (Å²) in [6.07, 6.45) is -1.28. The number of carbonyl (C=O) groups is 4. The van der Waals surface area contributed by atoms with Gasteiger partial charge in [0.2, 0.25) is 16.9 Å². The molecule has 0 aliphatic carbocycles. The van der Waals surface area contributed by atoms with Crippen molar-refractivity contribution in [1.29, 1.82) is 0 Å². The van der Waals surface area contributed by atoms with Crippen molar-refractivity contribution in [1.82, 2.24) is 10.6 Å². The van der Waals surface area contributed by atoms with Crippen LogP contribution in [0.4, 0.5) is 0 Å². The molecule has 0 aromatic heterocycles. The summed E-state index contributed by atoms with van der Waals surface area (Å²) < 4.78 is 0. The van der Waals surface area contributed by atoms with Crippen LogP contribution in [0.5, 0.6) is 0 Å². The van der Waals surface area contributed by atoms with Crippen LogP contribution in [-0.4, -0.2) is 68.3 Å². The highest BCUT2D eigenvalue weighted by Gasteiger charge is 2.56. The van der Waals surface area contributed by atoms with Crippen LogP contribution in [0, 0.1) is 11.8 Å². The SMILES string of the molecule is CC(=O)NC(CSC(=O)C1(CC(C)CO)NC(=O)C(C)C1O)C(=O)O. The third-order valence-electron chi connectivity index (χ3n) is 4.14. The molecule has 142 valence electrons. The van der Waals surface area contributed by atoms with E-state index in [0.717, 1.165) is 6.92 Å². The first kappa shape index (κ1) is 21.4. The summed E-state index contributed by atoms with van der Waals surface area (Å²) in [6, 6.07) is -1.27. The Bertz CT molecular complexity index is 556. The third-order valence-corrected chi connectivity index (χ3v) is 5.27. The van der Waals surface area contributed by atoms with Gasteiger partial charge < -0.3 is 26.0 Å². The van der Waals surface area contributed by atoms with Crippen LogP contribution in [0.25, 0.3) is 0 Å². The van der Waals surface area contributed by atoms with Gasteiger partial charge in [-0.1, -0.05) is 25.6 Å². The van der Waals surface area contributed by atoms with Gasteiger partial charge in [-0.3, -0.25) is 14.4 Å². The average molecular weight is 376 g/mol. The number of hydrogen-bond donors (Lipinski definition) is 5. The summed E-state index contributed by atoms with van der Waals surface area (Å²) >= 11 is 0.620. The zero-order chi connectivity index (χ0) is 19.4. The lowest BCUT2D eigenvalue weighted by molar-refractivity contribution is -0.140. The van der Waals surface area contributed by atoms with Gasteiger partial charge in [-0.2, -0.15) is 0 Å². The molecular weight excluding hydrogens is 352 g/mol. The molecule has 0 spiro atoms. The number of carboxylic acid groups (broad SMARTS) is 1. The molecule has 10 heteroatoms. The molecular formula is C15H24N2O7S. The molecule has 5 N–H and O–H groups in total. The lowest BCUT2D eigenvalue weighted by Gasteiger charge is -2.33. The Morgan fingerprint density at radius 1 is 1.40 bits per heavy atom. The van der Waals surface area contributed by atoms with E-state index in [9.17, 15) is 29.4 Å². The maximum absolute atomic E-state index is 12.7. The van der Waals surface area contributed by atoms with Gasteiger partial charge in [0.25, 0.3) is 0 Å². The molecule has 5 unspecified atom stereocenters. The fourth-order valence-corrected chi connectivity index (χ4v) is 3.78. The van der Waals surface area contributed by atoms with Crippen LogP contribution in [0.15, 0.2) is 0 Å². The van der Waals surface area contributed by atoms with Crippen LogP contribution < -0.4 is 10.6 Å². The van der Waals surface area contributed by atoms with Crippen LogP contribution in [-0.2, 0) is 19.2 Å². The topological polar surface area (TPSA) is 153 Å². The Balaban J connectivity index is 2.96. The normalized spacial score (nSPS) is 28.1. The minimum atomic E-state index is -1.59. The van der Waals surface area contributed by atoms with E-state index >= 15 is 0 Å². The largest absolute Gasteiger partial charge is 0.480 e. The fourth-order valence-electron chi connectivity index (χ4n) is 2.73. The van der Waals surface area contributed by atoms with Gasteiger partial charge in [0, 0.05) is 19.3 Å². The summed E-state index contributed by atoms with van der Waals surface area (Å²) in [5.74, 6) is -3.75. The number of thioether (sulfide) groups is 1. The fraction of sp³-hybridized carbons (Fsp3) is 0.733. The molecule has 25 heavy (non-hydrogen) atoms. The zero-order valence-electron chi connectivity index (χ0n) is 14.3. The molecule has 1 aliphatic heterocycles. The van der Waals surface area contributed by atoms with E-state index in [2.05, 4.69) is 10.6 Å². The molecule has 0 bridgehead atoms. The van der Waals surface area contributed by atoms with E-state index in [1.807, 2.05) is 0 Å². The van der Waals surface area contributed by atoms with Crippen molar-refractivity contribution in [3.63, 3.8) is 0 Å². The van der Waals surface area contributed by atoms with E-state index in [0.29, 0.717) is 11.8 Å². The second kappa shape index (κ2) is 8.63. The Labute approximate surface area is 149 Å². The van der Waals surface area contributed by atoms with Crippen molar-refractivity contribution in [3.05, 3.63) is 0 Å². The van der Waals surface area contributed by atoms with Crippen LogP contribution in [0.3, 0.4) is 0 Å². The Hall–Kier alpha value is -1.65. The van der Waals surface area contributed by atoms with Crippen LogP contribution >= 0.6 is 11.8 Å². The Morgan fingerprint density at radius 3 is 2.40 bits per heavy atom. The van der Waals surface area contributed by atoms with E-state index in [1.54, 1.807) is 6.92 Å². The highest BCUT2D eigenvalue weighted by molar-refractivity contribution is 8.13. The van der Waals surface area contributed by atoms with Gasteiger partial charge in [-0.05, 0) is 12.3 Å². The first-order valence-corrected chi connectivity index (χ1v) is 8.81. The van der Waals surface area contributed by atoms with E-state index in [-0.39, 0.29) is 24.7 Å². The van der Waals surface area contributed by atoms with Gasteiger partial charge in [0.15, 0.2) is 0 Å². The molecule has 0 aromatic carbocycles. The minimum Gasteiger partial charge on any atom is -0.480 e. The second-order valence-corrected chi connectivity index (χ2v) is 7.37. The molecule has 1 rings (SSSR count). The molecule has 1 aliphatic rings. The number of rotatable bonds is 8. The quantitative estimate of drug-likeness (QED) is 0.351. The van der Waals surface area contributed by atoms with Gasteiger partial charge in [-0.15, -0.1) is 0 Å². The van der Waals surface area contributed by atoms with E-state index in [4.69, 9.17) is 5.11 Å². The number of nitrogens with one attached hydrogen (secondary N) is 2. The summed E-state index contributed by atoms with van der Waals surface area (Å²) in [4.78, 5) is 46.9. The summed E-state index contributed by atoms with van der Waals surface area (Å²) in [5, 5.41) is 32.9. The number of aliphatic hydroxyl groups excluding tert-OH is 2. The Kier molecular flexibility index (Phi) is 7.39. The number of carbonyl (C=O) groups excluding carboxylic acids is 3. The monoisotopic (exact) mass is 376 g/mol. The summed E-state index contributed by atoms with van der Waals surface area (Å²) in [5.41, 5.74) is -1.59. The highest BCUT2D eigenvalue weighted by Crippen LogP contribution is 2.35. The first-order chi connectivity index (χ1) is 11.5. The number of aliphatic carboxylic acids is 1. The van der Waals surface area contributed by atoms with E-state index < -0.39 is 46.5 Å². The van der Waals surface area contributed by atoms with Crippen molar-refractivity contribution >= 4 is 34.7 Å². The maximum Gasteiger partial charge on any atom is 0.327 e. The lowest BCUT2D eigenvalue weighted by Crippen LogP contribution is -2.56. The number of hydrogen-bond acceptors (Lipinski definition) is 7. The number of aliphatic hydroxyl groups is 2. The number of carboxylic acids is 1. The summed E-state index contributed by atoms with van der Waals surface area (Å²) in [6.45, 7) is 4.08. The Morgan fingerprint density at radius 2 is 2.00 bits per heavy atom. The van der Waals surface area contributed by atoms with Crippen molar-refractivity contribution < 1.29 is 34.5 Å². The molecule has 9 nitrogen and oxygen atoms in total. The standard InChI is InChI=1S/C15H24N2O7S/c1-7(5-18)4-15(11(20)8(2)12(21)17-15)14(24)25-6-10(13(22)23)16-9(3)19/h7-8,10-11,18,20H,4-6H2,1-3H3,(H,16,19)(H,17,21)(H,22,23). The predicted molar refractivity (Wildman–Crippen MR) is 89.6 cm³/mol. The molecule has 1 heterocycles. The van der Waals surface area contributed by atoms with Gasteiger partial charge in [0.1, 0.15) is 11.6 Å². The van der Waals surface area contributed by atoms with Gasteiger partial charge >= 0.3 is 5.97 Å². The van der Waals surface area contributed by atoms with Crippen molar-refractivity contribution in [2.24, 2.45) is 11.8 Å². The van der Waals surface area contributed by atoms with Crippen molar-refractivity contribution in [3.8, 4) is 0 Å². The smallest absolute Gasteiger partial charge is 0.327 e. The minimum absolute atomic E-state index is 0.0183. The van der Waals surface area contributed by atoms with Crippen LogP contribution in [0.1, 0.15) is 27.2 Å². The van der Waals surface area contributed by atoms with Gasteiger partial charge in [0.05, 0.1) is 12.0 Å². The summed E-state index contributed by atoms with van der Waals surface area (Å²) in [7, 11) is 0. The molecule has 5 atom stereocenters. The van der Waals surface area contributed by atoms with Crippen molar-refractivity contribution in [2.45, 2.75) is 44.9 Å². The first-order valence-electron chi connectivity index (χ1n) is 7.83.